The second-order valence-corrected chi connectivity index (χ2v) is 3.09. The van der Waals surface area contributed by atoms with Gasteiger partial charge in [0.15, 0.2) is 0 Å². The molecule has 0 heterocycles. The van der Waals surface area contributed by atoms with Crippen molar-refractivity contribution in [1.82, 2.24) is 0 Å². The second-order valence-electron chi connectivity index (χ2n) is 3.09. The van der Waals surface area contributed by atoms with E-state index in [-0.39, 0.29) is 6.47 Å². The van der Waals surface area contributed by atoms with Crippen molar-refractivity contribution in [3.8, 4) is 0 Å². The number of aldehydes is 1. The number of benzene rings is 1. The molecule has 0 unspecified atom stereocenters. The van der Waals surface area contributed by atoms with E-state index in [1.807, 2.05) is 12.1 Å². The van der Waals surface area contributed by atoms with Crippen molar-refractivity contribution >= 4 is 12.8 Å². The zero-order valence-corrected chi connectivity index (χ0v) is 10.3. The molecule has 96 valence electrons. The van der Waals surface area contributed by atoms with Gasteiger partial charge in [-0.25, -0.2) is 0 Å². The number of aliphatic hydroxyl groups excluding tert-OH is 1. The van der Waals surface area contributed by atoms with Crippen molar-refractivity contribution in [3.63, 3.8) is 0 Å². The number of aryl methyl sites for hydroxylation is 2. The molecule has 0 bridgehead atoms. The summed E-state index contributed by atoms with van der Waals surface area (Å²) >= 11 is 0. The maximum absolute atomic E-state index is 10.1. The van der Waals surface area contributed by atoms with Crippen LogP contribution in [0.25, 0.3) is 0 Å². The monoisotopic (exact) mass is 240 g/mol. The van der Waals surface area contributed by atoms with Gasteiger partial charge in [-0.1, -0.05) is 24.3 Å². The molecule has 0 spiro atoms. The molecular weight excluding hydrogens is 220 g/mol. The summed E-state index contributed by atoms with van der Waals surface area (Å²) in [7, 11) is 1.00. The minimum atomic E-state index is -0.250. The molecular formula is C13H20O4. The maximum atomic E-state index is 10.1. The summed E-state index contributed by atoms with van der Waals surface area (Å²) in [6.45, 7) is 1.86. The molecule has 0 aliphatic heterocycles. The van der Waals surface area contributed by atoms with Gasteiger partial charge in [0.25, 0.3) is 6.47 Å². The number of carbonyl (C=O) groups is 2. The third-order valence-corrected chi connectivity index (χ3v) is 2.03. The zero-order valence-electron chi connectivity index (χ0n) is 10.3. The van der Waals surface area contributed by atoms with E-state index in [1.165, 1.54) is 11.1 Å². The number of carbonyl (C=O) groups excluding carboxylic acids is 1. The molecule has 0 radical (unpaired) electrons. The van der Waals surface area contributed by atoms with Gasteiger partial charge < -0.3 is 15.0 Å². The van der Waals surface area contributed by atoms with Crippen molar-refractivity contribution in [2.24, 2.45) is 0 Å². The van der Waals surface area contributed by atoms with Crippen molar-refractivity contribution in [2.45, 2.75) is 26.2 Å². The highest BCUT2D eigenvalue weighted by Crippen LogP contribution is 2.09. The van der Waals surface area contributed by atoms with E-state index in [4.69, 9.17) is 15.0 Å². The minimum Gasteiger partial charge on any atom is -0.483 e. The zero-order chi connectivity index (χ0) is 13.5. The Morgan fingerprint density at radius 1 is 1.18 bits per heavy atom. The van der Waals surface area contributed by atoms with E-state index >= 15 is 0 Å². The Labute approximate surface area is 102 Å². The van der Waals surface area contributed by atoms with Gasteiger partial charge in [0.2, 0.25) is 0 Å². The highest BCUT2D eigenvalue weighted by molar-refractivity contribution is 5.49. The summed E-state index contributed by atoms with van der Waals surface area (Å²) in [5.41, 5.74) is 2.68. The van der Waals surface area contributed by atoms with Crippen LogP contribution in [-0.2, 0) is 16.0 Å². The standard InChI is InChI=1S/C11H14O.CH2O2.CH4O/c1-10-6-2-3-7-11(10)8-4-5-9-12;2-1-3;1-2/h2-3,6-7,9H,4-5,8H2,1H3;1H,(H,2,3);2H,1H3. The number of unbranched alkanes of at least 4 members (excludes halogenated alkanes) is 1. The largest absolute Gasteiger partial charge is 0.483 e. The first-order chi connectivity index (χ1) is 8.26. The van der Waals surface area contributed by atoms with Crippen LogP contribution in [-0.4, -0.2) is 30.1 Å². The van der Waals surface area contributed by atoms with Gasteiger partial charge in [-0.15, -0.1) is 0 Å². The average Bonchev–Trinajstić information content (AvgIpc) is 2.35. The van der Waals surface area contributed by atoms with E-state index in [9.17, 15) is 4.79 Å². The molecule has 1 aromatic carbocycles. The van der Waals surface area contributed by atoms with Gasteiger partial charge in [-0.3, -0.25) is 4.79 Å². The van der Waals surface area contributed by atoms with E-state index in [1.54, 1.807) is 0 Å². The lowest BCUT2D eigenvalue weighted by Crippen LogP contribution is -1.89. The molecule has 4 heteroatoms. The number of hydrogen-bond donors (Lipinski definition) is 2. The molecule has 17 heavy (non-hydrogen) atoms. The fourth-order valence-corrected chi connectivity index (χ4v) is 1.27. The Morgan fingerprint density at radius 3 is 2.18 bits per heavy atom. The molecule has 0 aliphatic rings. The Hall–Kier alpha value is -1.68. The van der Waals surface area contributed by atoms with Crippen LogP contribution in [0.4, 0.5) is 0 Å². The van der Waals surface area contributed by atoms with Gasteiger partial charge in [-0.2, -0.15) is 0 Å². The Balaban J connectivity index is 0. The summed E-state index contributed by atoms with van der Waals surface area (Å²) in [5.74, 6) is 0. The smallest absolute Gasteiger partial charge is 0.290 e. The summed E-state index contributed by atoms with van der Waals surface area (Å²) in [4.78, 5) is 18.4. The van der Waals surface area contributed by atoms with E-state index in [0.717, 1.165) is 26.2 Å². The van der Waals surface area contributed by atoms with E-state index in [2.05, 4.69) is 19.1 Å². The molecule has 0 saturated heterocycles. The number of rotatable bonds is 4. The Kier molecular flexibility index (Phi) is 14.9. The van der Waals surface area contributed by atoms with Crippen molar-refractivity contribution < 1.29 is 19.8 Å². The predicted molar refractivity (Wildman–Crippen MR) is 67.0 cm³/mol. The molecule has 0 atom stereocenters. The molecule has 1 aromatic rings. The van der Waals surface area contributed by atoms with Crippen molar-refractivity contribution in [3.05, 3.63) is 35.4 Å². The van der Waals surface area contributed by atoms with Crippen molar-refractivity contribution in [1.29, 1.82) is 0 Å². The first-order valence-electron chi connectivity index (χ1n) is 5.27. The highest BCUT2D eigenvalue weighted by atomic mass is 16.3. The number of aliphatic hydroxyl groups is 1. The SMILES string of the molecule is CO.Cc1ccccc1CCCC=O.O=CO. The lowest BCUT2D eigenvalue weighted by molar-refractivity contribution is -0.122. The Morgan fingerprint density at radius 2 is 1.71 bits per heavy atom. The van der Waals surface area contributed by atoms with Gasteiger partial charge in [0.05, 0.1) is 0 Å². The molecule has 0 aliphatic carbocycles. The van der Waals surface area contributed by atoms with Crippen LogP contribution in [0.15, 0.2) is 24.3 Å². The van der Waals surface area contributed by atoms with Gasteiger partial charge >= 0.3 is 0 Å². The molecule has 0 saturated carbocycles. The summed E-state index contributed by atoms with van der Waals surface area (Å²) < 4.78 is 0. The molecule has 1 rings (SSSR count). The van der Waals surface area contributed by atoms with Gasteiger partial charge in [0, 0.05) is 13.5 Å². The molecule has 0 aromatic heterocycles. The van der Waals surface area contributed by atoms with Crippen LogP contribution >= 0.6 is 0 Å². The van der Waals surface area contributed by atoms with Gasteiger partial charge in [-0.05, 0) is 30.9 Å². The normalized spacial score (nSPS) is 7.94. The predicted octanol–water partition coefficient (Wildman–Crippen LogP) is 1.83. The summed E-state index contributed by atoms with van der Waals surface area (Å²) in [6.07, 6.45) is 3.65. The third kappa shape index (κ3) is 10.6. The quantitative estimate of drug-likeness (QED) is 0.622. The van der Waals surface area contributed by atoms with Crippen LogP contribution in [0.5, 0.6) is 0 Å². The summed E-state index contributed by atoms with van der Waals surface area (Å²) in [6, 6.07) is 8.32. The topological polar surface area (TPSA) is 74.6 Å². The fourth-order valence-electron chi connectivity index (χ4n) is 1.27. The Bertz CT molecular complexity index is 297. The van der Waals surface area contributed by atoms with Crippen molar-refractivity contribution in [2.75, 3.05) is 7.11 Å². The van der Waals surface area contributed by atoms with E-state index < -0.39 is 0 Å². The van der Waals surface area contributed by atoms with Crippen LogP contribution in [0.2, 0.25) is 0 Å². The lowest BCUT2D eigenvalue weighted by atomic mass is 10.0. The highest BCUT2D eigenvalue weighted by Gasteiger charge is 1.95. The molecule has 0 amide bonds. The lowest BCUT2D eigenvalue weighted by Gasteiger charge is -2.02. The molecule has 4 nitrogen and oxygen atoms in total. The van der Waals surface area contributed by atoms with Crippen LogP contribution in [0, 0.1) is 6.92 Å². The average molecular weight is 240 g/mol. The first kappa shape index (κ1) is 17.7. The minimum absolute atomic E-state index is 0.250. The maximum Gasteiger partial charge on any atom is 0.290 e. The number of hydrogen-bond acceptors (Lipinski definition) is 3. The van der Waals surface area contributed by atoms with Gasteiger partial charge in [0.1, 0.15) is 6.29 Å². The molecule has 2 N–H and O–H groups in total. The third-order valence-electron chi connectivity index (χ3n) is 2.03. The second kappa shape index (κ2) is 14.3. The van der Waals surface area contributed by atoms with E-state index in [0.29, 0.717) is 6.42 Å². The van der Waals surface area contributed by atoms with Crippen LogP contribution in [0.1, 0.15) is 24.0 Å². The molecule has 0 fully saturated rings. The first-order valence-corrected chi connectivity index (χ1v) is 5.27. The van der Waals surface area contributed by atoms with Crippen LogP contribution < -0.4 is 0 Å². The summed E-state index contributed by atoms with van der Waals surface area (Å²) in [5, 5.41) is 13.9. The number of carboxylic acid groups (broad SMARTS) is 1. The van der Waals surface area contributed by atoms with Crippen LogP contribution in [0.3, 0.4) is 0 Å². The fraction of sp³-hybridized carbons (Fsp3) is 0.385.